The molecular formula is C43H56N14O23S10. The third-order valence-corrected chi connectivity index (χ3v) is 18.2. The van der Waals surface area contributed by atoms with Crippen LogP contribution in [0.5, 0.6) is 40.2 Å². The topological polar surface area (TPSA) is 592 Å². The van der Waals surface area contributed by atoms with Gasteiger partial charge in [0, 0.05) is 5.56 Å². The van der Waals surface area contributed by atoms with E-state index in [0.717, 1.165) is 34.5 Å². The molecule has 0 radical (unpaired) electrons. The summed E-state index contributed by atoms with van der Waals surface area (Å²) in [6.45, 7) is 13.8. The second-order valence-electron chi connectivity index (χ2n) is 18.0. The number of hydrogen-bond donors (Lipinski definition) is 12. The summed E-state index contributed by atoms with van der Waals surface area (Å²) in [6, 6.07) is 0. The maximum absolute atomic E-state index is 11.6. The smallest absolute Gasteiger partial charge is 0.413 e. The number of methoxy groups -OCH3 is 4. The van der Waals surface area contributed by atoms with E-state index in [4.69, 9.17) is 70.0 Å². The monoisotopic (exact) mass is 1460 g/mol. The van der Waals surface area contributed by atoms with Crippen molar-refractivity contribution in [2.75, 3.05) is 50.1 Å². The zero-order chi connectivity index (χ0) is 69.0. The predicted molar refractivity (Wildman–Crippen MR) is 332 cm³/mol. The minimum atomic E-state index is -4.08. The molecule has 0 aliphatic heterocycles. The lowest BCUT2D eigenvalue weighted by atomic mass is 10.1. The third kappa shape index (κ3) is 24.4. The number of nitrogen functional groups attached to an aromatic ring is 1. The lowest BCUT2D eigenvalue weighted by Gasteiger charge is -2.19. The highest BCUT2D eigenvalue weighted by atomic mass is 32.3. The van der Waals surface area contributed by atoms with Crippen LogP contribution in [0.15, 0.2) is 43.7 Å². The quantitative estimate of drug-likeness (QED) is 0.0694. The molecule has 37 nitrogen and oxygen atoms in total. The van der Waals surface area contributed by atoms with E-state index < -0.39 is 96.2 Å². The molecule has 0 atom stereocenters. The molecule has 1 aromatic carbocycles. The molecule has 0 aliphatic rings. The number of aromatic nitrogens is 7. The zero-order valence-electron chi connectivity index (χ0n) is 48.4. The molecule has 47 heteroatoms. The molecule has 496 valence electrons. The minimum absolute atomic E-state index is 0.0124. The van der Waals surface area contributed by atoms with E-state index in [2.05, 4.69) is 46.6 Å². The first-order chi connectivity index (χ1) is 41.4. The van der Waals surface area contributed by atoms with Gasteiger partial charge in [-0.15, -0.1) is 0 Å². The highest BCUT2D eigenvalue weighted by Crippen LogP contribution is 2.37. The molecule has 0 saturated heterocycles. The Labute approximate surface area is 538 Å². The van der Waals surface area contributed by atoms with Gasteiger partial charge in [-0.05, 0) is 136 Å². The number of carboxylic acids is 2. The van der Waals surface area contributed by atoms with Crippen molar-refractivity contribution in [2.45, 2.75) is 79.2 Å². The van der Waals surface area contributed by atoms with Crippen molar-refractivity contribution < 1.29 is 98.4 Å². The summed E-state index contributed by atoms with van der Waals surface area (Å²) in [6.07, 6.45) is -1.30. The number of carbonyl (C=O) groups excluding carboxylic acids is 2. The molecule has 0 aliphatic carbocycles. The number of hydrogen-bond acceptors (Lipinski definition) is 37. The van der Waals surface area contributed by atoms with Crippen LogP contribution >= 0.6 is 80.7 Å². The Morgan fingerprint density at radius 2 is 0.944 bits per heavy atom. The molecule has 7 heterocycles. The summed E-state index contributed by atoms with van der Waals surface area (Å²) in [5, 5.41) is 72.1. The van der Waals surface area contributed by atoms with E-state index in [1.807, 2.05) is 12.3 Å². The molecule has 7 aromatic heterocycles. The molecule has 8 aromatic rings. The first-order valence-corrected chi connectivity index (χ1v) is 33.6. The summed E-state index contributed by atoms with van der Waals surface area (Å²) in [5.41, 5.74) is 3.35. The van der Waals surface area contributed by atoms with Crippen molar-refractivity contribution >= 4 is 164 Å². The van der Waals surface area contributed by atoms with Crippen molar-refractivity contribution in [2.24, 2.45) is 15.4 Å². The molecule has 0 spiro atoms. The molecule has 0 saturated carbocycles. The summed E-state index contributed by atoms with van der Waals surface area (Å²) in [7, 11) is -6.09. The lowest BCUT2D eigenvalue weighted by Crippen LogP contribution is -2.36. The second kappa shape index (κ2) is 33.6. The number of aromatic carboxylic acids is 2. The maximum Gasteiger partial charge on any atom is 0.413 e. The van der Waals surface area contributed by atoms with Gasteiger partial charge in [0.15, 0.2) is 76.1 Å². The Morgan fingerprint density at radius 3 is 1.30 bits per heavy atom. The van der Waals surface area contributed by atoms with Crippen LogP contribution in [-0.4, -0.2) is 145 Å². The first-order valence-electron chi connectivity index (χ1n) is 23.3. The number of ether oxygens (including phenoxy) is 6. The van der Waals surface area contributed by atoms with Gasteiger partial charge in [-0.2, -0.15) is 30.6 Å². The second-order valence-corrected chi connectivity index (χ2v) is 28.1. The fourth-order valence-electron chi connectivity index (χ4n) is 5.12. The van der Waals surface area contributed by atoms with E-state index in [1.54, 1.807) is 59.4 Å². The number of aryl methyl sites for hydroxylation is 1. The van der Waals surface area contributed by atoms with E-state index >= 15 is 0 Å². The fraction of sp³-hybridized carbons (Fsp3) is 0.326. The standard InChI is InChI=1S/C9H15N3O5S2.C9H14N2O3S.C8H7N3O5S2.C5H5NO3S.C5H7NOS.C4H3NO3S.C3H5N3O3S2/c1-9(2,3)17-8(13)11-6-5(16-4)7(18-12-6)19(10,14)15;1-9(2,3)14-8(12)10-7-6(13-4)5-15-11-7;1-2-3(5(13)4(2)12)10-7-6(14)8(17-11-7)18(9,15)16;1-9-3-2-10-6-4(3)5(7)8;1-4-5(7-2)3-8-6-4;6-2-1-9-5-3(2)4(7)8;4-2-1(7)3(10-6-2)11(5,8)9/h1-4H3,(H2,10,14,15)(H,11,12,13);5H,1-4H3,(H,10,11,12);14H,1H3,(H,10,11)(H2,9,15,16);2H,1H3,(H,7,8);3H,1-2H3;1,6H,(H,7,8);7H,(H2,4,6)(H2,5,8,9). The van der Waals surface area contributed by atoms with Crippen LogP contribution in [0, 0.1) is 13.8 Å². The number of carbonyl (C=O) groups is 4. The Kier molecular flexibility index (Phi) is 29.2. The molecule has 16 N–H and O–H groups in total. The van der Waals surface area contributed by atoms with Gasteiger partial charge in [-0.3, -0.25) is 20.2 Å². The minimum Gasteiger partial charge on any atom is -0.505 e. The van der Waals surface area contributed by atoms with E-state index in [-0.39, 0.29) is 55.8 Å². The van der Waals surface area contributed by atoms with Gasteiger partial charge in [-0.1, -0.05) is 0 Å². The van der Waals surface area contributed by atoms with Gasteiger partial charge in [0.05, 0.1) is 61.3 Å². The van der Waals surface area contributed by atoms with Gasteiger partial charge in [0.2, 0.25) is 22.2 Å². The maximum atomic E-state index is 11.6. The third-order valence-electron chi connectivity index (χ3n) is 8.93. The van der Waals surface area contributed by atoms with Gasteiger partial charge in [0.1, 0.15) is 11.2 Å². The molecule has 0 fully saturated rings. The summed E-state index contributed by atoms with van der Waals surface area (Å²) >= 11 is 6.22. The number of aromatic hydroxyl groups is 3. The summed E-state index contributed by atoms with van der Waals surface area (Å²) < 4.78 is 120. The summed E-state index contributed by atoms with van der Waals surface area (Å²) in [4.78, 5) is 65.4. The predicted octanol–water partition coefficient (Wildman–Crippen LogP) is 4.72. The van der Waals surface area contributed by atoms with Crippen molar-refractivity contribution in [1.29, 1.82) is 0 Å². The first kappa shape index (κ1) is 78.0. The number of amides is 2. The molecule has 90 heavy (non-hydrogen) atoms. The number of anilines is 5. The largest absolute Gasteiger partial charge is 0.505 e. The van der Waals surface area contributed by atoms with Gasteiger partial charge >= 0.3 is 24.1 Å². The Bertz CT molecular complexity index is 4150. The van der Waals surface area contributed by atoms with Crippen molar-refractivity contribution in [3.05, 3.63) is 64.6 Å². The van der Waals surface area contributed by atoms with Crippen LogP contribution < -0.4 is 66.9 Å². The molecule has 0 bridgehead atoms. The number of rotatable bonds is 13. The van der Waals surface area contributed by atoms with Crippen LogP contribution in [0.25, 0.3) is 0 Å². The number of primary sulfonamides is 3. The molecule has 2 amide bonds. The molecule has 0 unspecified atom stereocenters. The van der Waals surface area contributed by atoms with Crippen LogP contribution in [0.3, 0.4) is 0 Å². The number of nitrogens with two attached hydrogens (primary N) is 4. The van der Waals surface area contributed by atoms with Crippen LogP contribution in [0.4, 0.5) is 38.5 Å². The van der Waals surface area contributed by atoms with E-state index in [0.29, 0.717) is 51.9 Å². The van der Waals surface area contributed by atoms with Gasteiger partial charge in [0.25, 0.3) is 30.1 Å². The normalized spacial score (nSPS) is 11.0. The molecular weight excluding hydrogens is 1400 g/mol. The Hall–Kier alpha value is -8.10. The van der Waals surface area contributed by atoms with Crippen molar-refractivity contribution in [3.8, 4) is 40.2 Å². The van der Waals surface area contributed by atoms with Crippen molar-refractivity contribution in [1.82, 2.24) is 30.6 Å². The SMILES string of the molecule is COc1c(NC(=O)OC(C)(C)C)nsc1S(N)(=O)=O.COc1csnc1C.COc1csnc1C(=O)O.COc1csnc1NC(=O)OC(C)(C)C.Cc1c(Nc2nsc(S(N)(=O)=O)c2O)c(=O)c1=O.Nc1nsc(S(N)(=O)=O)c1O.O=C(O)c1nscc1O. The van der Waals surface area contributed by atoms with Crippen LogP contribution in [0.2, 0.25) is 0 Å². The van der Waals surface area contributed by atoms with Crippen LogP contribution in [-0.2, 0) is 39.5 Å². The number of nitrogens with one attached hydrogen (secondary N) is 3. The number of nitrogens with zero attached hydrogens (tertiary/aromatic N) is 7. The highest BCUT2D eigenvalue weighted by molar-refractivity contribution is 7.92. The van der Waals surface area contributed by atoms with Gasteiger partial charge < -0.3 is 65.0 Å². The number of sulfonamides is 3. The fourth-order valence-corrected chi connectivity index (χ4v) is 11.8. The van der Waals surface area contributed by atoms with E-state index in [9.17, 15) is 59.1 Å². The van der Waals surface area contributed by atoms with E-state index in [1.165, 1.54) is 56.7 Å². The van der Waals surface area contributed by atoms with Crippen LogP contribution in [0.1, 0.15) is 73.8 Å². The summed E-state index contributed by atoms with van der Waals surface area (Å²) in [5.74, 6) is -2.26. The Morgan fingerprint density at radius 1 is 0.522 bits per heavy atom. The lowest BCUT2D eigenvalue weighted by molar-refractivity contribution is 0.0623. The molecule has 8 rings (SSSR count). The van der Waals surface area contributed by atoms with Crippen molar-refractivity contribution in [3.63, 3.8) is 0 Å². The van der Waals surface area contributed by atoms with Gasteiger partial charge in [-0.25, -0.2) is 59.8 Å². The zero-order valence-corrected chi connectivity index (χ0v) is 56.6. The number of carboxylic acid groups (broad SMARTS) is 2. The average molecular weight is 1460 g/mol. The average Bonchev–Trinajstić information content (AvgIpc) is 1.27. The Balaban J connectivity index is 0.000000365. The highest BCUT2D eigenvalue weighted by Gasteiger charge is 2.28.